The predicted octanol–water partition coefficient (Wildman–Crippen LogP) is 3.26. The summed E-state index contributed by atoms with van der Waals surface area (Å²) in [6.45, 7) is 8.33. The SMILES string of the molecule is C=CCCCCOC(=O)[C@@H]1[C@@H]2CCC3(O2)C(C(=O)N(CC=C)c2ccc(OC)cc2)N(CCCCO)C(=O)[C@H]13. The molecule has 3 fully saturated rings. The number of carbonyl (C=O) groups is 3. The van der Waals surface area contributed by atoms with E-state index in [9.17, 15) is 19.5 Å². The van der Waals surface area contributed by atoms with E-state index >= 15 is 0 Å². The van der Waals surface area contributed by atoms with Crippen LogP contribution in [0.15, 0.2) is 49.6 Å². The number of esters is 1. The molecule has 3 aliphatic heterocycles. The highest BCUT2D eigenvalue weighted by atomic mass is 16.6. The lowest BCUT2D eigenvalue weighted by molar-refractivity contribution is -0.155. The molecule has 5 atom stereocenters. The second kappa shape index (κ2) is 12.8. The number of aliphatic hydroxyl groups excluding tert-OH is 1. The van der Waals surface area contributed by atoms with E-state index in [4.69, 9.17) is 14.2 Å². The Labute approximate surface area is 230 Å². The molecule has 212 valence electrons. The highest BCUT2D eigenvalue weighted by Gasteiger charge is 2.75. The van der Waals surface area contributed by atoms with E-state index < -0.39 is 35.6 Å². The van der Waals surface area contributed by atoms with Crippen LogP contribution in [0.5, 0.6) is 5.75 Å². The van der Waals surface area contributed by atoms with E-state index in [-0.39, 0.29) is 38.1 Å². The van der Waals surface area contributed by atoms with Gasteiger partial charge in [-0.15, -0.1) is 13.2 Å². The number of fused-ring (bicyclic) bond motifs is 1. The molecule has 2 bridgehead atoms. The largest absolute Gasteiger partial charge is 0.497 e. The monoisotopic (exact) mass is 540 g/mol. The Bertz CT molecular complexity index is 1060. The van der Waals surface area contributed by atoms with Gasteiger partial charge >= 0.3 is 5.97 Å². The third kappa shape index (κ3) is 5.47. The van der Waals surface area contributed by atoms with Crippen LogP contribution in [-0.4, -0.2) is 79.0 Å². The number of likely N-dealkylation sites (tertiary alicyclic amines) is 1. The number of methoxy groups -OCH3 is 1. The van der Waals surface area contributed by atoms with Crippen LogP contribution in [0.3, 0.4) is 0 Å². The summed E-state index contributed by atoms with van der Waals surface area (Å²) in [5.74, 6) is -1.82. The van der Waals surface area contributed by atoms with Gasteiger partial charge in [-0.3, -0.25) is 14.4 Å². The fourth-order valence-corrected chi connectivity index (χ4v) is 6.36. The van der Waals surface area contributed by atoms with E-state index in [2.05, 4.69) is 13.2 Å². The lowest BCUT2D eigenvalue weighted by atomic mass is 9.70. The quantitative estimate of drug-likeness (QED) is 0.207. The topological polar surface area (TPSA) is 106 Å². The molecular formula is C30H40N2O7. The molecule has 3 heterocycles. The number of anilines is 1. The molecule has 3 saturated heterocycles. The first-order valence-electron chi connectivity index (χ1n) is 13.9. The fraction of sp³-hybridized carbons (Fsp3) is 0.567. The lowest BCUT2D eigenvalue weighted by Gasteiger charge is -2.36. The summed E-state index contributed by atoms with van der Waals surface area (Å²) in [6, 6.07) is 6.24. The number of benzene rings is 1. The second-order valence-corrected chi connectivity index (χ2v) is 10.4. The molecule has 2 unspecified atom stereocenters. The smallest absolute Gasteiger partial charge is 0.312 e. The first kappa shape index (κ1) is 28.8. The molecule has 1 spiro atoms. The van der Waals surface area contributed by atoms with Gasteiger partial charge in [0.05, 0.1) is 31.7 Å². The van der Waals surface area contributed by atoms with Gasteiger partial charge < -0.3 is 29.1 Å². The molecule has 1 N–H and O–H groups in total. The summed E-state index contributed by atoms with van der Waals surface area (Å²) < 4.78 is 17.4. The molecule has 4 rings (SSSR count). The fourth-order valence-electron chi connectivity index (χ4n) is 6.36. The molecule has 1 aromatic carbocycles. The minimum atomic E-state index is -1.10. The Morgan fingerprint density at radius 2 is 1.95 bits per heavy atom. The summed E-state index contributed by atoms with van der Waals surface area (Å²) in [4.78, 5) is 44.8. The van der Waals surface area contributed by atoms with Gasteiger partial charge in [0.1, 0.15) is 17.4 Å². The number of hydrogen-bond donors (Lipinski definition) is 1. The van der Waals surface area contributed by atoms with Gasteiger partial charge in [0, 0.05) is 25.4 Å². The highest BCUT2D eigenvalue weighted by Crippen LogP contribution is 2.59. The van der Waals surface area contributed by atoms with Crippen molar-refractivity contribution in [3.63, 3.8) is 0 Å². The first-order chi connectivity index (χ1) is 18.9. The molecule has 0 radical (unpaired) electrons. The van der Waals surface area contributed by atoms with Gasteiger partial charge in [-0.1, -0.05) is 12.2 Å². The Balaban J connectivity index is 1.64. The van der Waals surface area contributed by atoms with Crippen LogP contribution in [0, 0.1) is 11.8 Å². The minimum absolute atomic E-state index is 0.0109. The van der Waals surface area contributed by atoms with Crippen LogP contribution < -0.4 is 9.64 Å². The molecule has 39 heavy (non-hydrogen) atoms. The van der Waals surface area contributed by atoms with Crippen molar-refractivity contribution in [3.05, 3.63) is 49.6 Å². The number of rotatable bonds is 15. The number of amides is 2. The third-order valence-electron chi connectivity index (χ3n) is 8.12. The maximum Gasteiger partial charge on any atom is 0.312 e. The van der Waals surface area contributed by atoms with Crippen molar-refractivity contribution >= 4 is 23.5 Å². The molecule has 2 amide bonds. The second-order valence-electron chi connectivity index (χ2n) is 10.4. The van der Waals surface area contributed by atoms with Crippen molar-refractivity contribution in [1.82, 2.24) is 4.90 Å². The number of aliphatic hydroxyl groups is 1. The predicted molar refractivity (Wildman–Crippen MR) is 146 cm³/mol. The van der Waals surface area contributed by atoms with Crippen molar-refractivity contribution in [2.45, 2.75) is 62.7 Å². The average Bonchev–Trinajstić information content (AvgIpc) is 3.59. The number of hydrogen-bond acceptors (Lipinski definition) is 7. The zero-order valence-corrected chi connectivity index (χ0v) is 22.8. The number of unbranched alkanes of at least 4 members (excludes halogenated alkanes) is 3. The lowest BCUT2D eigenvalue weighted by Crippen LogP contribution is -2.56. The van der Waals surface area contributed by atoms with Crippen LogP contribution >= 0.6 is 0 Å². The number of allylic oxidation sites excluding steroid dienone is 1. The summed E-state index contributed by atoms with van der Waals surface area (Å²) in [5.41, 5.74) is -0.456. The summed E-state index contributed by atoms with van der Waals surface area (Å²) >= 11 is 0. The molecule has 0 aliphatic carbocycles. The average molecular weight is 541 g/mol. The zero-order chi connectivity index (χ0) is 28.0. The van der Waals surface area contributed by atoms with E-state index in [1.54, 1.807) is 47.3 Å². The summed E-state index contributed by atoms with van der Waals surface area (Å²) in [7, 11) is 1.58. The van der Waals surface area contributed by atoms with Crippen LogP contribution in [0.1, 0.15) is 44.9 Å². The molecule has 0 aromatic heterocycles. The Morgan fingerprint density at radius 1 is 1.18 bits per heavy atom. The van der Waals surface area contributed by atoms with Gasteiger partial charge in [0.15, 0.2) is 0 Å². The van der Waals surface area contributed by atoms with E-state index in [1.165, 1.54) is 0 Å². The Morgan fingerprint density at radius 3 is 2.62 bits per heavy atom. The van der Waals surface area contributed by atoms with Gasteiger partial charge in [-0.05, 0) is 69.2 Å². The van der Waals surface area contributed by atoms with Crippen molar-refractivity contribution < 1.29 is 33.7 Å². The van der Waals surface area contributed by atoms with Crippen molar-refractivity contribution in [2.24, 2.45) is 11.8 Å². The van der Waals surface area contributed by atoms with E-state index in [0.29, 0.717) is 43.5 Å². The number of ether oxygens (including phenoxy) is 3. The van der Waals surface area contributed by atoms with Gasteiger partial charge in [0.2, 0.25) is 5.91 Å². The molecule has 9 heteroatoms. The molecule has 3 aliphatic rings. The van der Waals surface area contributed by atoms with Crippen LogP contribution in [0.4, 0.5) is 5.69 Å². The van der Waals surface area contributed by atoms with Crippen LogP contribution in [0.2, 0.25) is 0 Å². The summed E-state index contributed by atoms with van der Waals surface area (Å²) in [6.07, 6.45) is 7.56. The number of carbonyl (C=O) groups excluding carboxylic acids is 3. The molecular weight excluding hydrogens is 500 g/mol. The van der Waals surface area contributed by atoms with Crippen molar-refractivity contribution in [1.29, 1.82) is 0 Å². The highest BCUT2D eigenvalue weighted by molar-refractivity contribution is 6.04. The Kier molecular flexibility index (Phi) is 9.45. The maximum absolute atomic E-state index is 14.4. The first-order valence-corrected chi connectivity index (χ1v) is 13.9. The van der Waals surface area contributed by atoms with Gasteiger partial charge in [-0.2, -0.15) is 0 Å². The van der Waals surface area contributed by atoms with E-state index in [1.807, 2.05) is 6.08 Å². The maximum atomic E-state index is 14.4. The molecule has 1 aromatic rings. The number of nitrogens with zero attached hydrogens (tertiary/aromatic N) is 2. The van der Waals surface area contributed by atoms with Gasteiger partial charge in [-0.25, -0.2) is 0 Å². The van der Waals surface area contributed by atoms with Crippen LogP contribution in [0.25, 0.3) is 0 Å². The zero-order valence-electron chi connectivity index (χ0n) is 22.8. The Hall–Kier alpha value is -3.17. The normalized spacial score (nSPS) is 26.8. The summed E-state index contributed by atoms with van der Waals surface area (Å²) in [5, 5.41) is 9.36. The standard InChI is InChI=1S/C30H40N2O7/c1-4-6-7-10-20-38-29(36)24-23-15-16-30(39-23)25(24)27(34)32(18-8-9-19-33)26(30)28(35)31(17-5-2)21-11-13-22(37-3)14-12-21/h4-5,11-14,23-26,33H,1-2,6-10,15-20H2,3H3/t23-,24+,25-,26?,30?/m0/s1. The molecule has 0 saturated carbocycles. The van der Waals surface area contributed by atoms with Crippen LogP contribution in [-0.2, 0) is 23.9 Å². The van der Waals surface area contributed by atoms with Crippen molar-refractivity contribution in [3.8, 4) is 5.75 Å². The molecule has 9 nitrogen and oxygen atoms in total. The van der Waals surface area contributed by atoms with E-state index in [0.717, 1.165) is 12.8 Å². The third-order valence-corrected chi connectivity index (χ3v) is 8.12. The minimum Gasteiger partial charge on any atom is -0.497 e. The van der Waals surface area contributed by atoms with Crippen molar-refractivity contribution in [2.75, 3.05) is 38.3 Å². The van der Waals surface area contributed by atoms with Gasteiger partial charge in [0.25, 0.3) is 5.91 Å².